The van der Waals surface area contributed by atoms with Crippen LogP contribution in [0.15, 0.2) is 30.6 Å². The summed E-state index contributed by atoms with van der Waals surface area (Å²) >= 11 is 0. The number of aromatic hydroxyl groups is 1. The van der Waals surface area contributed by atoms with Crippen LogP contribution >= 0.6 is 0 Å². The second-order valence-electron chi connectivity index (χ2n) is 4.83. The highest BCUT2D eigenvalue weighted by atomic mass is 16.5. The van der Waals surface area contributed by atoms with Crippen LogP contribution in [0.2, 0.25) is 0 Å². The third kappa shape index (κ3) is 3.93. The fourth-order valence-corrected chi connectivity index (χ4v) is 2.05. The maximum absolute atomic E-state index is 12.3. The number of carbonyl (C=O) groups excluding carboxylic acids is 2. The molecule has 0 aliphatic heterocycles. The van der Waals surface area contributed by atoms with Crippen molar-refractivity contribution in [3.05, 3.63) is 41.9 Å². The molecule has 7 nitrogen and oxygen atoms in total. The number of nitrogens with zero attached hydrogens (tertiary/aromatic N) is 3. The lowest BCUT2D eigenvalue weighted by atomic mass is 10.1. The van der Waals surface area contributed by atoms with E-state index in [2.05, 4.69) is 9.97 Å². The molecule has 0 aliphatic rings. The molecule has 0 radical (unpaired) electrons. The fraction of sp³-hybridized carbons (Fsp3) is 0.235. The lowest BCUT2D eigenvalue weighted by Crippen LogP contribution is -2.10. The van der Waals surface area contributed by atoms with Gasteiger partial charge in [0.05, 0.1) is 24.3 Å². The minimum absolute atomic E-state index is 0.0664. The Kier molecular flexibility index (Phi) is 5.58. The molecule has 0 bridgehead atoms. The number of carbonyl (C=O) groups is 2. The van der Waals surface area contributed by atoms with Gasteiger partial charge in [0.1, 0.15) is 11.8 Å². The van der Waals surface area contributed by atoms with E-state index in [1.54, 1.807) is 25.3 Å². The smallest absolute Gasteiger partial charge is 0.306 e. The van der Waals surface area contributed by atoms with Crippen LogP contribution < -0.4 is 0 Å². The number of aromatic nitrogens is 2. The molecule has 2 aromatic rings. The minimum Gasteiger partial charge on any atom is -0.504 e. The SMILES string of the molecule is CCOC(=O)CCC(=O)c1nc(-c2cccnc2)cc(C#N)c1O. The highest BCUT2D eigenvalue weighted by molar-refractivity contribution is 5.99. The molecule has 0 amide bonds. The number of hydrogen-bond donors (Lipinski definition) is 1. The van der Waals surface area contributed by atoms with Gasteiger partial charge in [-0.15, -0.1) is 0 Å². The summed E-state index contributed by atoms with van der Waals surface area (Å²) < 4.78 is 4.76. The van der Waals surface area contributed by atoms with Crippen molar-refractivity contribution in [2.45, 2.75) is 19.8 Å². The van der Waals surface area contributed by atoms with E-state index in [9.17, 15) is 14.7 Å². The number of nitriles is 1. The summed E-state index contributed by atoms with van der Waals surface area (Å²) in [5.41, 5.74) is 0.644. The van der Waals surface area contributed by atoms with Gasteiger partial charge in [0.15, 0.2) is 11.5 Å². The van der Waals surface area contributed by atoms with E-state index in [1.807, 2.05) is 6.07 Å². The van der Waals surface area contributed by atoms with Crippen molar-refractivity contribution in [2.24, 2.45) is 0 Å². The average Bonchev–Trinajstić information content (AvgIpc) is 2.61. The van der Waals surface area contributed by atoms with E-state index in [0.717, 1.165) is 0 Å². The number of rotatable bonds is 6. The van der Waals surface area contributed by atoms with Crippen molar-refractivity contribution in [2.75, 3.05) is 6.61 Å². The molecule has 7 heteroatoms. The number of ether oxygens (including phenoxy) is 1. The van der Waals surface area contributed by atoms with Crippen molar-refractivity contribution in [3.8, 4) is 23.1 Å². The summed E-state index contributed by atoms with van der Waals surface area (Å²) in [7, 11) is 0. The molecule has 2 heterocycles. The van der Waals surface area contributed by atoms with Crippen molar-refractivity contribution < 1.29 is 19.4 Å². The van der Waals surface area contributed by atoms with Crippen LogP contribution in [0.3, 0.4) is 0 Å². The molecule has 0 saturated carbocycles. The fourth-order valence-electron chi connectivity index (χ4n) is 2.05. The van der Waals surface area contributed by atoms with Gasteiger partial charge in [-0.05, 0) is 25.1 Å². The molecule has 2 rings (SSSR count). The van der Waals surface area contributed by atoms with Crippen LogP contribution in [0.25, 0.3) is 11.3 Å². The third-order valence-corrected chi connectivity index (χ3v) is 3.20. The Morgan fingerprint density at radius 3 is 2.79 bits per heavy atom. The molecule has 2 aromatic heterocycles. The van der Waals surface area contributed by atoms with Crippen LogP contribution in [-0.2, 0) is 9.53 Å². The van der Waals surface area contributed by atoms with Crippen LogP contribution in [0.5, 0.6) is 5.75 Å². The predicted octanol–water partition coefficient (Wildman–Crippen LogP) is 2.25. The molecule has 0 atom stereocenters. The molecular formula is C17H15N3O4. The van der Waals surface area contributed by atoms with Gasteiger partial charge in [-0.1, -0.05) is 0 Å². The van der Waals surface area contributed by atoms with Gasteiger partial charge < -0.3 is 9.84 Å². The number of esters is 1. The molecule has 0 saturated heterocycles. The Morgan fingerprint density at radius 2 is 2.17 bits per heavy atom. The van der Waals surface area contributed by atoms with E-state index in [1.165, 1.54) is 12.3 Å². The topological polar surface area (TPSA) is 113 Å². The Bertz CT molecular complexity index is 797. The number of hydrogen-bond acceptors (Lipinski definition) is 7. The zero-order chi connectivity index (χ0) is 17.5. The van der Waals surface area contributed by atoms with Crippen molar-refractivity contribution in [1.29, 1.82) is 5.26 Å². The van der Waals surface area contributed by atoms with E-state index in [0.29, 0.717) is 11.3 Å². The van der Waals surface area contributed by atoms with Crippen molar-refractivity contribution >= 4 is 11.8 Å². The summed E-state index contributed by atoms with van der Waals surface area (Å²) in [6, 6.07) is 6.63. The summed E-state index contributed by atoms with van der Waals surface area (Å²) in [5, 5.41) is 19.2. The van der Waals surface area contributed by atoms with E-state index in [-0.39, 0.29) is 30.7 Å². The minimum atomic E-state index is -0.539. The third-order valence-electron chi connectivity index (χ3n) is 3.20. The summed E-state index contributed by atoms with van der Waals surface area (Å²) in [6.07, 6.45) is 2.83. The first-order valence-corrected chi connectivity index (χ1v) is 7.30. The monoisotopic (exact) mass is 325 g/mol. The van der Waals surface area contributed by atoms with Crippen molar-refractivity contribution in [1.82, 2.24) is 9.97 Å². The van der Waals surface area contributed by atoms with Crippen LogP contribution in [-0.4, -0.2) is 33.4 Å². The predicted molar refractivity (Wildman–Crippen MR) is 84.0 cm³/mol. The lowest BCUT2D eigenvalue weighted by Gasteiger charge is -2.08. The van der Waals surface area contributed by atoms with Crippen LogP contribution in [0.4, 0.5) is 0 Å². The Hall–Kier alpha value is -3.27. The molecule has 0 aromatic carbocycles. The van der Waals surface area contributed by atoms with Gasteiger partial charge in [0, 0.05) is 24.4 Å². The van der Waals surface area contributed by atoms with Crippen LogP contribution in [0.1, 0.15) is 35.8 Å². The average molecular weight is 325 g/mol. The van der Waals surface area contributed by atoms with E-state index >= 15 is 0 Å². The maximum Gasteiger partial charge on any atom is 0.306 e. The molecule has 24 heavy (non-hydrogen) atoms. The van der Waals surface area contributed by atoms with Gasteiger partial charge in [0.2, 0.25) is 0 Å². The van der Waals surface area contributed by atoms with Gasteiger partial charge in [-0.3, -0.25) is 14.6 Å². The highest BCUT2D eigenvalue weighted by Gasteiger charge is 2.20. The summed E-state index contributed by atoms with van der Waals surface area (Å²) in [4.78, 5) is 31.7. The molecule has 1 N–H and O–H groups in total. The Morgan fingerprint density at radius 1 is 1.38 bits per heavy atom. The maximum atomic E-state index is 12.3. The second-order valence-corrected chi connectivity index (χ2v) is 4.83. The number of pyridine rings is 2. The Labute approximate surface area is 138 Å². The normalized spacial score (nSPS) is 10.0. The quantitative estimate of drug-likeness (QED) is 0.640. The van der Waals surface area contributed by atoms with Gasteiger partial charge in [-0.2, -0.15) is 5.26 Å². The molecule has 0 fully saturated rings. The summed E-state index contributed by atoms with van der Waals surface area (Å²) in [5.74, 6) is -1.53. The molecule has 0 unspecified atom stereocenters. The first-order chi connectivity index (χ1) is 11.6. The lowest BCUT2D eigenvalue weighted by molar-refractivity contribution is -0.143. The highest BCUT2D eigenvalue weighted by Crippen LogP contribution is 2.27. The molecule has 122 valence electrons. The van der Waals surface area contributed by atoms with E-state index in [4.69, 9.17) is 10.00 Å². The van der Waals surface area contributed by atoms with Gasteiger partial charge in [-0.25, -0.2) is 4.98 Å². The van der Waals surface area contributed by atoms with E-state index < -0.39 is 17.5 Å². The molecule has 0 spiro atoms. The molecule has 0 aliphatic carbocycles. The second kappa shape index (κ2) is 7.83. The van der Waals surface area contributed by atoms with Gasteiger partial charge >= 0.3 is 5.97 Å². The van der Waals surface area contributed by atoms with Crippen LogP contribution in [0, 0.1) is 11.3 Å². The summed E-state index contributed by atoms with van der Waals surface area (Å²) in [6.45, 7) is 1.90. The molecular weight excluding hydrogens is 310 g/mol. The van der Waals surface area contributed by atoms with Gasteiger partial charge in [0.25, 0.3) is 0 Å². The Balaban J connectivity index is 2.33. The first-order valence-electron chi connectivity index (χ1n) is 7.30. The standard InChI is InChI=1S/C17H15N3O4/c1-2-24-15(22)6-5-14(21)16-17(23)12(9-18)8-13(20-16)11-4-3-7-19-10-11/h3-4,7-8,10,23H,2,5-6H2,1H3. The first kappa shape index (κ1) is 17.1. The van der Waals surface area contributed by atoms with Crippen molar-refractivity contribution in [3.63, 3.8) is 0 Å². The largest absolute Gasteiger partial charge is 0.504 e. The number of ketones is 1. The zero-order valence-electron chi connectivity index (χ0n) is 13.0. The zero-order valence-corrected chi connectivity index (χ0v) is 13.0. The number of Topliss-reactive ketones (excluding diaryl/α,β-unsaturated/α-hetero) is 1.